The highest BCUT2D eigenvalue weighted by Gasteiger charge is 2.13. The largest absolute Gasteiger partial charge is 0.383 e. The summed E-state index contributed by atoms with van der Waals surface area (Å²) in [6, 6.07) is 5.86. The predicted octanol–water partition coefficient (Wildman–Crippen LogP) is 2.49. The van der Waals surface area contributed by atoms with Gasteiger partial charge in [-0.3, -0.25) is 0 Å². The summed E-state index contributed by atoms with van der Waals surface area (Å²) in [7, 11) is 0. The summed E-state index contributed by atoms with van der Waals surface area (Å²) in [5.74, 6) is 0. The Balaban J connectivity index is 2.27. The lowest BCUT2D eigenvalue weighted by Gasteiger charge is -2.09. The fourth-order valence-electron chi connectivity index (χ4n) is 1.90. The van der Waals surface area contributed by atoms with E-state index in [-0.39, 0.29) is 0 Å². The number of nitrogens with one attached hydrogen (secondary N) is 1. The van der Waals surface area contributed by atoms with E-state index in [0.717, 1.165) is 29.4 Å². The average molecular weight is 220 g/mol. The highest BCUT2D eigenvalue weighted by atomic mass is 35.5. The number of hydrogen-bond acceptors (Lipinski definition) is 2. The zero-order valence-electron chi connectivity index (χ0n) is 8.07. The van der Waals surface area contributed by atoms with Gasteiger partial charge in [0.05, 0.1) is 17.7 Å². The van der Waals surface area contributed by atoms with Gasteiger partial charge >= 0.3 is 0 Å². The van der Waals surface area contributed by atoms with Gasteiger partial charge in [-0.2, -0.15) is 0 Å². The Morgan fingerprint density at radius 2 is 2.33 bits per heavy atom. The molecule has 2 heterocycles. The first kappa shape index (κ1) is 8.80. The van der Waals surface area contributed by atoms with Crippen molar-refractivity contribution in [2.24, 2.45) is 0 Å². The smallest absolute Gasteiger partial charge is 0.0994 e. The number of halogens is 1. The summed E-state index contributed by atoms with van der Waals surface area (Å²) in [4.78, 5) is 4.17. The highest BCUT2D eigenvalue weighted by Crippen LogP contribution is 2.27. The number of aromatic nitrogens is 2. The second kappa shape index (κ2) is 3.28. The van der Waals surface area contributed by atoms with E-state index in [1.807, 2.05) is 30.7 Å². The molecule has 1 aliphatic rings. The number of fused-ring (bicyclic) bond motifs is 3. The molecule has 3 nitrogen and oxygen atoms in total. The summed E-state index contributed by atoms with van der Waals surface area (Å²) in [6.45, 7) is 0.931. The minimum absolute atomic E-state index is 0.747. The first-order valence-electron chi connectivity index (χ1n) is 4.89. The average Bonchev–Trinajstić information content (AvgIpc) is 2.62. The van der Waals surface area contributed by atoms with Crippen LogP contribution in [-0.4, -0.2) is 16.1 Å². The van der Waals surface area contributed by atoms with Crippen LogP contribution in [0.3, 0.4) is 0 Å². The van der Waals surface area contributed by atoms with Gasteiger partial charge in [-0.25, -0.2) is 4.98 Å². The molecule has 0 fully saturated rings. The molecule has 0 atom stereocenters. The molecule has 15 heavy (non-hydrogen) atoms. The second-order valence-corrected chi connectivity index (χ2v) is 4.03. The van der Waals surface area contributed by atoms with E-state index in [9.17, 15) is 0 Å². The molecule has 0 amide bonds. The zero-order valence-corrected chi connectivity index (χ0v) is 8.83. The van der Waals surface area contributed by atoms with Gasteiger partial charge in [0.1, 0.15) is 0 Å². The third-order valence-corrected chi connectivity index (χ3v) is 2.87. The monoisotopic (exact) mass is 219 g/mol. The van der Waals surface area contributed by atoms with Crippen LogP contribution in [0.4, 0.5) is 5.69 Å². The number of rotatable bonds is 0. The number of imidazole rings is 1. The Kier molecular flexibility index (Phi) is 1.92. The maximum absolute atomic E-state index is 6.00. The van der Waals surface area contributed by atoms with Gasteiger partial charge in [-0.05, 0) is 18.2 Å². The van der Waals surface area contributed by atoms with Gasteiger partial charge in [0.25, 0.3) is 0 Å². The zero-order chi connectivity index (χ0) is 10.3. The SMILES string of the molecule is Clc1ccc2c(c1)-n1cncc1CCN2. The Hall–Kier alpha value is -1.48. The van der Waals surface area contributed by atoms with Crippen molar-refractivity contribution in [3.63, 3.8) is 0 Å². The number of anilines is 1. The van der Waals surface area contributed by atoms with Gasteiger partial charge < -0.3 is 9.88 Å². The number of nitrogens with zero attached hydrogens (tertiary/aromatic N) is 2. The normalized spacial score (nSPS) is 13.7. The summed E-state index contributed by atoms with van der Waals surface area (Å²) in [5, 5.41) is 4.13. The van der Waals surface area contributed by atoms with Crippen LogP contribution in [0.2, 0.25) is 5.02 Å². The molecule has 2 aromatic rings. The van der Waals surface area contributed by atoms with Gasteiger partial charge in [0.2, 0.25) is 0 Å². The van der Waals surface area contributed by atoms with Crippen LogP contribution in [0, 0.1) is 0 Å². The quantitative estimate of drug-likeness (QED) is 0.738. The number of benzene rings is 1. The van der Waals surface area contributed by atoms with E-state index < -0.39 is 0 Å². The van der Waals surface area contributed by atoms with Crippen LogP contribution in [0.5, 0.6) is 0 Å². The Bertz CT molecular complexity index is 504. The molecule has 0 saturated carbocycles. The van der Waals surface area contributed by atoms with Crippen molar-refractivity contribution in [1.29, 1.82) is 0 Å². The molecule has 0 aliphatic carbocycles. The third-order valence-electron chi connectivity index (χ3n) is 2.63. The minimum atomic E-state index is 0.747. The molecule has 0 saturated heterocycles. The van der Waals surface area contributed by atoms with Crippen molar-refractivity contribution >= 4 is 17.3 Å². The van der Waals surface area contributed by atoms with Gasteiger partial charge in [0.15, 0.2) is 0 Å². The van der Waals surface area contributed by atoms with Crippen molar-refractivity contribution in [2.75, 3.05) is 11.9 Å². The maximum Gasteiger partial charge on any atom is 0.0994 e. The molecule has 1 aromatic carbocycles. The fourth-order valence-corrected chi connectivity index (χ4v) is 2.07. The summed E-state index contributed by atoms with van der Waals surface area (Å²) < 4.78 is 2.08. The van der Waals surface area contributed by atoms with Gasteiger partial charge in [-0.15, -0.1) is 0 Å². The van der Waals surface area contributed by atoms with Crippen molar-refractivity contribution in [1.82, 2.24) is 9.55 Å². The Labute approximate surface area is 92.7 Å². The van der Waals surface area contributed by atoms with Crippen LogP contribution in [0.1, 0.15) is 5.69 Å². The van der Waals surface area contributed by atoms with Crippen LogP contribution in [0.15, 0.2) is 30.7 Å². The van der Waals surface area contributed by atoms with Crippen LogP contribution in [-0.2, 0) is 6.42 Å². The van der Waals surface area contributed by atoms with Crippen molar-refractivity contribution in [2.45, 2.75) is 6.42 Å². The standard InChI is InChI=1S/C11H10ClN3/c12-8-1-2-10-11(5-8)15-7-13-6-9(15)3-4-14-10/h1-2,5-7,14H,3-4H2. The van der Waals surface area contributed by atoms with Crippen LogP contribution in [0.25, 0.3) is 5.69 Å². The van der Waals surface area contributed by atoms with Crippen molar-refractivity contribution in [3.8, 4) is 5.69 Å². The molecule has 1 aromatic heterocycles. The molecule has 4 heteroatoms. The molecular formula is C11H10ClN3. The van der Waals surface area contributed by atoms with Gasteiger partial charge in [-0.1, -0.05) is 11.6 Å². The van der Waals surface area contributed by atoms with Crippen molar-refractivity contribution in [3.05, 3.63) is 41.4 Å². The topological polar surface area (TPSA) is 29.9 Å². The maximum atomic E-state index is 6.00. The summed E-state index contributed by atoms with van der Waals surface area (Å²) in [5.41, 5.74) is 3.40. The van der Waals surface area contributed by atoms with E-state index in [1.165, 1.54) is 5.69 Å². The third kappa shape index (κ3) is 1.39. The molecule has 3 rings (SSSR count). The lowest BCUT2D eigenvalue weighted by atomic mass is 10.2. The van der Waals surface area contributed by atoms with E-state index in [2.05, 4.69) is 14.9 Å². The lowest BCUT2D eigenvalue weighted by Crippen LogP contribution is -2.01. The number of hydrogen-bond donors (Lipinski definition) is 1. The molecule has 0 bridgehead atoms. The van der Waals surface area contributed by atoms with Gasteiger partial charge in [0, 0.05) is 29.9 Å². The minimum Gasteiger partial charge on any atom is -0.383 e. The first-order valence-corrected chi connectivity index (χ1v) is 5.27. The molecular weight excluding hydrogens is 210 g/mol. The van der Waals surface area contributed by atoms with E-state index >= 15 is 0 Å². The molecule has 0 unspecified atom stereocenters. The van der Waals surface area contributed by atoms with E-state index in [1.54, 1.807) is 0 Å². The molecule has 1 aliphatic heterocycles. The highest BCUT2D eigenvalue weighted by molar-refractivity contribution is 6.30. The summed E-state index contributed by atoms with van der Waals surface area (Å²) >= 11 is 6.00. The molecule has 76 valence electrons. The summed E-state index contributed by atoms with van der Waals surface area (Å²) in [6.07, 6.45) is 4.71. The van der Waals surface area contributed by atoms with E-state index in [0.29, 0.717) is 0 Å². The second-order valence-electron chi connectivity index (χ2n) is 3.59. The predicted molar refractivity (Wildman–Crippen MR) is 60.8 cm³/mol. The first-order chi connectivity index (χ1) is 7.34. The van der Waals surface area contributed by atoms with Crippen LogP contribution < -0.4 is 5.32 Å². The molecule has 0 radical (unpaired) electrons. The van der Waals surface area contributed by atoms with Crippen molar-refractivity contribution < 1.29 is 0 Å². The van der Waals surface area contributed by atoms with E-state index in [4.69, 9.17) is 11.6 Å². The molecule has 0 spiro atoms. The Morgan fingerprint density at radius 1 is 1.40 bits per heavy atom. The van der Waals surface area contributed by atoms with Crippen LogP contribution >= 0.6 is 11.6 Å². The lowest BCUT2D eigenvalue weighted by molar-refractivity contribution is 0.928. The Morgan fingerprint density at radius 3 is 3.27 bits per heavy atom. The fraction of sp³-hybridized carbons (Fsp3) is 0.182. The molecule has 1 N–H and O–H groups in total.